The summed E-state index contributed by atoms with van der Waals surface area (Å²) in [6.45, 7) is 4.35. The lowest BCUT2D eigenvalue weighted by Gasteiger charge is -2.34. The Bertz CT molecular complexity index is 1380. The highest BCUT2D eigenvalue weighted by atomic mass is 16.5. The quantitative estimate of drug-likeness (QED) is 0.470. The van der Waals surface area contributed by atoms with Gasteiger partial charge in [0.2, 0.25) is 0 Å². The third kappa shape index (κ3) is 2.81. The van der Waals surface area contributed by atoms with Crippen molar-refractivity contribution in [3.8, 4) is 22.5 Å². The van der Waals surface area contributed by atoms with Crippen LogP contribution < -0.4 is 4.90 Å². The third-order valence-corrected chi connectivity index (χ3v) is 5.95. The van der Waals surface area contributed by atoms with E-state index < -0.39 is 0 Å². The number of hydrogen-bond donors (Lipinski definition) is 2. The fraction of sp³-hybridized carbons (Fsp3) is 0.273. The summed E-state index contributed by atoms with van der Waals surface area (Å²) in [6, 6.07) is 8.45. The molecule has 0 saturated carbocycles. The Morgan fingerprint density at radius 1 is 1.16 bits per heavy atom. The lowest BCUT2D eigenvalue weighted by molar-refractivity contribution is 0.0986. The Balaban J connectivity index is 1.68. The first-order valence-corrected chi connectivity index (χ1v) is 10.3. The molecule has 1 fully saturated rings. The lowest BCUT2D eigenvalue weighted by Crippen LogP contribution is -2.44. The maximum Gasteiger partial charge on any atom is 0.137 e. The molecule has 0 bridgehead atoms. The maximum absolute atomic E-state index is 5.66. The van der Waals surface area contributed by atoms with Gasteiger partial charge in [-0.3, -0.25) is 9.78 Å². The number of anilines is 1. The molecular weight excluding hydrogens is 392 g/mol. The molecular formula is C22H22N8O. The first-order valence-electron chi connectivity index (χ1n) is 10.3. The number of fused-ring (bicyclic) bond motifs is 2. The first kappa shape index (κ1) is 18.1. The zero-order chi connectivity index (χ0) is 20.9. The van der Waals surface area contributed by atoms with Crippen LogP contribution in [-0.4, -0.2) is 60.7 Å². The minimum absolute atomic E-state index is 0.239. The highest BCUT2D eigenvalue weighted by molar-refractivity contribution is 6.05. The van der Waals surface area contributed by atoms with Gasteiger partial charge >= 0.3 is 0 Å². The van der Waals surface area contributed by atoms with E-state index in [2.05, 4.69) is 50.2 Å². The average molecular weight is 414 g/mol. The van der Waals surface area contributed by atoms with Gasteiger partial charge in [0.05, 0.1) is 30.5 Å². The van der Waals surface area contributed by atoms with E-state index in [1.807, 2.05) is 30.2 Å². The number of pyridine rings is 2. The van der Waals surface area contributed by atoms with Crippen LogP contribution in [-0.2, 0) is 11.8 Å². The molecule has 6 rings (SSSR count). The number of ether oxygens (including phenoxy) is 1. The number of aromatic amines is 2. The predicted octanol–water partition coefficient (Wildman–Crippen LogP) is 3.13. The van der Waals surface area contributed by atoms with Gasteiger partial charge in [0, 0.05) is 43.1 Å². The molecule has 0 radical (unpaired) electrons. The van der Waals surface area contributed by atoms with Crippen LogP contribution in [0.1, 0.15) is 6.92 Å². The minimum atomic E-state index is 0.239. The van der Waals surface area contributed by atoms with Crippen LogP contribution in [0.15, 0.2) is 42.9 Å². The standard InChI is InChI=1S/C22H22N8O/c1-13-12-31-10-9-30(13)18-11-16(14-3-6-23-22-15(14)4-7-24-22)21-20(26-18)19(28-29(21)2)17-5-8-25-27-17/h3-8,11,13H,9-10,12H2,1-2H3,(H,23,24)(H,25,27). The van der Waals surface area contributed by atoms with Crippen molar-refractivity contribution in [2.45, 2.75) is 13.0 Å². The van der Waals surface area contributed by atoms with Gasteiger partial charge in [0.1, 0.15) is 22.7 Å². The van der Waals surface area contributed by atoms with Crippen molar-refractivity contribution < 1.29 is 4.74 Å². The van der Waals surface area contributed by atoms with Crippen molar-refractivity contribution >= 4 is 27.9 Å². The number of rotatable bonds is 3. The molecule has 2 N–H and O–H groups in total. The molecule has 31 heavy (non-hydrogen) atoms. The number of nitrogens with one attached hydrogen (secondary N) is 2. The van der Waals surface area contributed by atoms with E-state index in [0.717, 1.165) is 56.9 Å². The molecule has 0 aromatic carbocycles. The summed E-state index contributed by atoms with van der Waals surface area (Å²) in [4.78, 5) is 15.1. The van der Waals surface area contributed by atoms with Crippen LogP contribution in [0.4, 0.5) is 5.82 Å². The van der Waals surface area contributed by atoms with Crippen molar-refractivity contribution in [2.75, 3.05) is 24.7 Å². The summed E-state index contributed by atoms with van der Waals surface area (Å²) in [6.07, 6.45) is 5.49. The summed E-state index contributed by atoms with van der Waals surface area (Å²) in [5.74, 6) is 0.924. The molecule has 6 heterocycles. The van der Waals surface area contributed by atoms with Crippen LogP contribution in [0.5, 0.6) is 0 Å². The van der Waals surface area contributed by atoms with Crippen LogP contribution >= 0.6 is 0 Å². The normalized spacial score (nSPS) is 17.1. The third-order valence-electron chi connectivity index (χ3n) is 5.95. The molecule has 5 aromatic rings. The van der Waals surface area contributed by atoms with E-state index in [4.69, 9.17) is 14.8 Å². The Morgan fingerprint density at radius 2 is 2.10 bits per heavy atom. The number of aryl methyl sites for hydroxylation is 1. The topological polar surface area (TPSA) is 101 Å². The molecule has 9 heteroatoms. The van der Waals surface area contributed by atoms with E-state index in [1.54, 1.807) is 6.20 Å². The predicted molar refractivity (Wildman–Crippen MR) is 119 cm³/mol. The van der Waals surface area contributed by atoms with Crippen LogP contribution in [0, 0.1) is 0 Å². The summed E-state index contributed by atoms with van der Waals surface area (Å²) >= 11 is 0. The highest BCUT2D eigenvalue weighted by Crippen LogP contribution is 2.38. The van der Waals surface area contributed by atoms with E-state index in [-0.39, 0.29) is 6.04 Å². The van der Waals surface area contributed by atoms with E-state index >= 15 is 0 Å². The number of H-pyrrole nitrogens is 2. The molecule has 0 amide bonds. The summed E-state index contributed by atoms with van der Waals surface area (Å²) in [5, 5.41) is 13.0. The van der Waals surface area contributed by atoms with Gasteiger partial charge < -0.3 is 14.6 Å². The molecule has 9 nitrogen and oxygen atoms in total. The summed E-state index contributed by atoms with van der Waals surface area (Å²) < 4.78 is 7.56. The Morgan fingerprint density at radius 3 is 2.94 bits per heavy atom. The van der Waals surface area contributed by atoms with E-state index in [1.165, 1.54) is 0 Å². The largest absolute Gasteiger partial charge is 0.377 e. The fourth-order valence-corrected chi connectivity index (χ4v) is 4.45. The summed E-state index contributed by atoms with van der Waals surface area (Å²) in [7, 11) is 1.96. The molecule has 1 aliphatic heterocycles. The number of hydrogen-bond acceptors (Lipinski definition) is 6. The van der Waals surface area contributed by atoms with E-state index in [9.17, 15) is 0 Å². The zero-order valence-electron chi connectivity index (χ0n) is 17.3. The van der Waals surface area contributed by atoms with Crippen molar-refractivity contribution in [1.82, 2.24) is 34.9 Å². The second-order valence-corrected chi connectivity index (χ2v) is 7.88. The zero-order valence-corrected chi connectivity index (χ0v) is 17.3. The highest BCUT2D eigenvalue weighted by Gasteiger charge is 2.25. The van der Waals surface area contributed by atoms with Gasteiger partial charge in [0.15, 0.2) is 0 Å². The molecule has 1 saturated heterocycles. The van der Waals surface area contributed by atoms with Crippen molar-refractivity contribution in [2.24, 2.45) is 7.05 Å². The smallest absolute Gasteiger partial charge is 0.137 e. The molecule has 5 aromatic heterocycles. The fourth-order valence-electron chi connectivity index (χ4n) is 4.45. The SMILES string of the molecule is CC1COCCN1c1cc(-c2ccnc3[nH]ccc23)c2c(n1)c(-c1ccn[nH]1)nn2C. The maximum atomic E-state index is 5.66. The molecule has 156 valence electrons. The molecule has 1 unspecified atom stereocenters. The van der Waals surface area contributed by atoms with Gasteiger partial charge in [-0.05, 0) is 36.8 Å². The van der Waals surface area contributed by atoms with Crippen molar-refractivity contribution in [3.63, 3.8) is 0 Å². The van der Waals surface area contributed by atoms with Crippen LogP contribution in [0.3, 0.4) is 0 Å². The second kappa shape index (κ2) is 6.92. The van der Waals surface area contributed by atoms with Gasteiger partial charge in [-0.1, -0.05) is 0 Å². The van der Waals surface area contributed by atoms with Crippen LogP contribution in [0.2, 0.25) is 0 Å². The lowest BCUT2D eigenvalue weighted by atomic mass is 10.0. The Hall–Kier alpha value is -3.72. The van der Waals surface area contributed by atoms with E-state index in [0.29, 0.717) is 13.2 Å². The first-order chi connectivity index (χ1) is 15.2. The summed E-state index contributed by atoms with van der Waals surface area (Å²) in [5.41, 5.74) is 6.49. The van der Waals surface area contributed by atoms with Gasteiger partial charge in [-0.15, -0.1) is 0 Å². The minimum Gasteiger partial charge on any atom is -0.377 e. The van der Waals surface area contributed by atoms with Gasteiger partial charge in [0.25, 0.3) is 0 Å². The number of morpholine rings is 1. The second-order valence-electron chi connectivity index (χ2n) is 7.88. The number of aromatic nitrogens is 7. The van der Waals surface area contributed by atoms with Gasteiger partial charge in [-0.2, -0.15) is 10.2 Å². The van der Waals surface area contributed by atoms with Crippen molar-refractivity contribution in [1.29, 1.82) is 0 Å². The molecule has 0 aliphatic carbocycles. The Kier molecular flexibility index (Phi) is 4.03. The number of nitrogens with zero attached hydrogens (tertiary/aromatic N) is 6. The van der Waals surface area contributed by atoms with Gasteiger partial charge in [-0.25, -0.2) is 9.97 Å². The molecule has 0 spiro atoms. The molecule has 1 atom stereocenters. The van der Waals surface area contributed by atoms with Crippen molar-refractivity contribution in [3.05, 3.63) is 42.9 Å². The Labute approximate surface area is 178 Å². The average Bonchev–Trinajstić information content (AvgIpc) is 3.53. The monoisotopic (exact) mass is 414 g/mol. The molecule has 1 aliphatic rings. The van der Waals surface area contributed by atoms with Crippen LogP contribution in [0.25, 0.3) is 44.6 Å².